The normalized spacial score (nSPS) is 24.0. The number of nitrogens with one attached hydrogen (secondary N) is 1. The molecule has 7 heteroatoms. The van der Waals surface area contributed by atoms with Gasteiger partial charge in [-0.3, -0.25) is 9.59 Å². The molecule has 2 saturated heterocycles. The Bertz CT molecular complexity index is 1080. The van der Waals surface area contributed by atoms with E-state index in [1.165, 1.54) is 11.3 Å². The number of thioether (sulfide) groups is 1. The Kier molecular flexibility index (Phi) is 4.17. The molecule has 0 bridgehead atoms. The van der Waals surface area contributed by atoms with Gasteiger partial charge in [-0.1, -0.05) is 53.8 Å². The van der Waals surface area contributed by atoms with Crippen molar-refractivity contribution in [2.75, 3.05) is 11.1 Å². The van der Waals surface area contributed by atoms with Crippen molar-refractivity contribution >= 4 is 50.3 Å². The van der Waals surface area contributed by atoms with Crippen molar-refractivity contribution in [2.24, 2.45) is 0 Å². The molecule has 3 aromatic rings. The van der Waals surface area contributed by atoms with E-state index in [1.54, 1.807) is 16.7 Å². The van der Waals surface area contributed by atoms with Crippen LogP contribution in [0, 0.1) is 6.92 Å². The van der Waals surface area contributed by atoms with Gasteiger partial charge in [-0.15, -0.1) is 11.8 Å². The standard InChI is InChI=1S/C21H19N3O2S2/c1-13-6-5-9-16-18(13)22-20(28-16)23-19(26)15-12-27-21(11-10-17(25)24(15)21)14-7-3-2-4-8-14/h2-9,15H,10-12H2,1H3,(H,22,23,26)/t15-,21+/m1/s1. The first-order chi connectivity index (χ1) is 13.6. The molecule has 28 heavy (non-hydrogen) atoms. The minimum absolute atomic E-state index is 0.0501. The van der Waals surface area contributed by atoms with E-state index in [4.69, 9.17) is 0 Å². The predicted octanol–water partition coefficient (Wildman–Crippen LogP) is 4.13. The summed E-state index contributed by atoms with van der Waals surface area (Å²) in [7, 11) is 0. The molecule has 2 atom stereocenters. The average molecular weight is 410 g/mol. The van der Waals surface area contributed by atoms with Gasteiger partial charge in [0.1, 0.15) is 10.9 Å². The van der Waals surface area contributed by atoms with Gasteiger partial charge < -0.3 is 10.2 Å². The molecule has 0 aliphatic carbocycles. The zero-order chi connectivity index (χ0) is 19.3. The molecule has 2 aromatic carbocycles. The Hall–Kier alpha value is -2.38. The number of aromatic nitrogens is 1. The number of rotatable bonds is 3. The number of benzene rings is 2. The third-order valence-corrected chi connectivity index (χ3v) is 8.04. The number of para-hydroxylation sites is 1. The van der Waals surface area contributed by atoms with E-state index in [0.717, 1.165) is 27.8 Å². The summed E-state index contributed by atoms with van der Waals surface area (Å²) in [5, 5.41) is 3.55. The molecule has 142 valence electrons. The summed E-state index contributed by atoms with van der Waals surface area (Å²) < 4.78 is 1.05. The lowest BCUT2D eigenvalue weighted by atomic mass is 10.0. The van der Waals surface area contributed by atoms with Crippen LogP contribution in [0.2, 0.25) is 0 Å². The molecule has 0 saturated carbocycles. The van der Waals surface area contributed by atoms with Crippen LogP contribution >= 0.6 is 23.1 Å². The Balaban J connectivity index is 1.43. The van der Waals surface area contributed by atoms with Crippen LogP contribution in [0.3, 0.4) is 0 Å². The fourth-order valence-electron chi connectivity index (χ4n) is 4.16. The van der Waals surface area contributed by atoms with E-state index in [1.807, 2.05) is 43.3 Å². The van der Waals surface area contributed by atoms with E-state index in [2.05, 4.69) is 22.4 Å². The molecule has 0 radical (unpaired) electrons. The summed E-state index contributed by atoms with van der Waals surface area (Å²) >= 11 is 3.17. The summed E-state index contributed by atoms with van der Waals surface area (Å²) in [6.45, 7) is 2.01. The van der Waals surface area contributed by atoms with Crippen LogP contribution in [0.15, 0.2) is 48.5 Å². The van der Waals surface area contributed by atoms with Crippen molar-refractivity contribution in [1.82, 2.24) is 9.88 Å². The molecule has 0 spiro atoms. The summed E-state index contributed by atoms with van der Waals surface area (Å²) in [4.78, 5) is 31.8. The maximum Gasteiger partial charge on any atom is 0.249 e. The zero-order valence-electron chi connectivity index (χ0n) is 15.3. The SMILES string of the molecule is Cc1cccc2sc(NC(=O)[C@H]3CS[C@]4(c5ccccc5)CCC(=O)N34)nc12. The van der Waals surface area contributed by atoms with E-state index in [-0.39, 0.29) is 11.8 Å². The molecule has 2 aliphatic rings. The third kappa shape index (κ3) is 2.64. The van der Waals surface area contributed by atoms with Crippen molar-refractivity contribution in [3.05, 3.63) is 59.7 Å². The minimum atomic E-state index is -0.478. The Morgan fingerprint density at radius 3 is 2.82 bits per heavy atom. The third-order valence-electron chi connectivity index (χ3n) is 5.51. The predicted molar refractivity (Wildman–Crippen MR) is 113 cm³/mol. The van der Waals surface area contributed by atoms with Crippen LogP contribution in [0.4, 0.5) is 5.13 Å². The van der Waals surface area contributed by atoms with E-state index >= 15 is 0 Å². The highest BCUT2D eigenvalue weighted by Crippen LogP contribution is 2.54. The van der Waals surface area contributed by atoms with Gasteiger partial charge in [0.2, 0.25) is 11.8 Å². The van der Waals surface area contributed by atoms with Crippen LogP contribution in [0.25, 0.3) is 10.2 Å². The molecule has 2 amide bonds. The molecule has 3 heterocycles. The van der Waals surface area contributed by atoms with E-state index in [9.17, 15) is 9.59 Å². The Morgan fingerprint density at radius 2 is 2.04 bits per heavy atom. The van der Waals surface area contributed by atoms with Gasteiger partial charge in [0.25, 0.3) is 0 Å². The fourth-order valence-corrected chi connectivity index (χ4v) is 6.76. The average Bonchev–Trinajstić information content (AvgIpc) is 3.37. The summed E-state index contributed by atoms with van der Waals surface area (Å²) in [6.07, 6.45) is 1.22. The van der Waals surface area contributed by atoms with Gasteiger partial charge in [-0.25, -0.2) is 4.98 Å². The van der Waals surface area contributed by atoms with Crippen LogP contribution in [0.5, 0.6) is 0 Å². The van der Waals surface area contributed by atoms with Gasteiger partial charge in [-0.05, 0) is 30.5 Å². The molecule has 5 rings (SSSR count). The van der Waals surface area contributed by atoms with Crippen molar-refractivity contribution in [1.29, 1.82) is 0 Å². The van der Waals surface area contributed by atoms with Gasteiger partial charge in [0.15, 0.2) is 5.13 Å². The fraction of sp³-hybridized carbons (Fsp3) is 0.286. The molecule has 1 aromatic heterocycles. The van der Waals surface area contributed by atoms with Gasteiger partial charge in [0.05, 0.1) is 10.2 Å². The first kappa shape index (κ1) is 17.7. The maximum absolute atomic E-state index is 13.1. The lowest BCUT2D eigenvalue weighted by molar-refractivity contribution is -0.136. The molecule has 2 fully saturated rings. The number of carbonyl (C=O) groups is 2. The highest BCUT2D eigenvalue weighted by atomic mass is 32.2. The van der Waals surface area contributed by atoms with Crippen molar-refractivity contribution in [2.45, 2.75) is 30.7 Å². The number of carbonyl (C=O) groups excluding carboxylic acids is 2. The topological polar surface area (TPSA) is 62.3 Å². The number of fused-ring (bicyclic) bond motifs is 2. The first-order valence-electron chi connectivity index (χ1n) is 9.27. The molecular weight excluding hydrogens is 390 g/mol. The second kappa shape index (κ2) is 6.60. The molecule has 1 N–H and O–H groups in total. The zero-order valence-corrected chi connectivity index (χ0v) is 17.0. The quantitative estimate of drug-likeness (QED) is 0.706. The second-order valence-corrected chi connectivity index (χ2v) is 9.50. The molecule has 5 nitrogen and oxygen atoms in total. The number of anilines is 1. The van der Waals surface area contributed by atoms with Crippen molar-refractivity contribution in [3.63, 3.8) is 0 Å². The van der Waals surface area contributed by atoms with Gasteiger partial charge in [0, 0.05) is 12.2 Å². The summed E-state index contributed by atoms with van der Waals surface area (Å²) in [5.41, 5.74) is 3.10. The van der Waals surface area contributed by atoms with Gasteiger partial charge >= 0.3 is 0 Å². The summed E-state index contributed by atoms with van der Waals surface area (Å²) in [5.74, 6) is 0.488. The number of hydrogen-bond donors (Lipinski definition) is 1. The van der Waals surface area contributed by atoms with Crippen LogP contribution in [-0.2, 0) is 14.5 Å². The number of hydrogen-bond acceptors (Lipinski definition) is 5. The smallest absolute Gasteiger partial charge is 0.249 e. The second-order valence-electron chi connectivity index (χ2n) is 7.17. The monoisotopic (exact) mass is 409 g/mol. The minimum Gasteiger partial charge on any atom is -0.311 e. The van der Waals surface area contributed by atoms with E-state index < -0.39 is 10.9 Å². The number of nitrogens with zero attached hydrogens (tertiary/aromatic N) is 2. The number of amides is 2. The molecule has 0 unspecified atom stereocenters. The van der Waals surface area contributed by atoms with Crippen LogP contribution in [0.1, 0.15) is 24.0 Å². The largest absolute Gasteiger partial charge is 0.311 e. The highest BCUT2D eigenvalue weighted by molar-refractivity contribution is 8.00. The van der Waals surface area contributed by atoms with E-state index in [0.29, 0.717) is 17.3 Å². The lowest BCUT2D eigenvalue weighted by Crippen LogP contribution is -2.48. The van der Waals surface area contributed by atoms with Crippen molar-refractivity contribution in [3.8, 4) is 0 Å². The Morgan fingerprint density at radius 1 is 1.21 bits per heavy atom. The van der Waals surface area contributed by atoms with Crippen LogP contribution < -0.4 is 5.32 Å². The van der Waals surface area contributed by atoms with Crippen LogP contribution in [-0.4, -0.2) is 33.5 Å². The number of aryl methyl sites for hydroxylation is 1. The molecule has 2 aliphatic heterocycles. The maximum atomic E-state index is 13.1. The number of thiazole rings is 1. The highest BCUT2D eigenvalue weighted by Gasteiger charge is 2.56. The summed E-state index contributed by atoms with van der Waals surface area (Å²) in [6, 6.07) is 15.6. The Labute approximate surface area is 171 Å². The van der Waals surface area contributed by atoms with Crippen molar-refractivity contribution < 1.29 is 9.59 Å². The van der Waals surface area contributed by atoms with Gasteiger partial charge in [-0.2, -0.15) is 0 Å². The lowest BCUT2D eigenvalue weighted by Gasteiger charge is -2.33. The molecular formula is C21H19N3O2S2. The first-order valence-corrected chi connectivity index (χ1v) is 11.1.